The molecule has 0 unspecified atom stereocenters. The number of para-hydroxylation sites is 6. The SMILES string of the molecule is [U+2].[c-]1ccccc1-c1[c-]c(-c2ccc3c(c2)c2ccccc2n3-c2ccccc2)ccc1N(c1ccc(-c2cccc3c2oc2ccccc23)cc1)c1ccc(-c2cccc3c2oc2ccccc23)cc1. The second-order valence-electron chi connectivity index (χ2n) is 17.8. The summed E-state index contributed by atoms with van der Waals surface area (Å²) in [5, 5.41) is 6.86. The summed E-state index contributed by atoms with van der Waals surface area (Å²) in [6.45, 7) is 0. The van der Waals surface area contributed by atoms with Gasteiger partial charge in [-0.15, -0.1) is 23.8 Å². The molecule has 3 heterocycles. The summed E-state index contributed by atoms with van der Waals surface area (Å²) in [7, 11) is 0. The third kappa shape index (κ3) is 7.20. The number of nitrogens with zero attached hydrogens (tertiary/aromatic N) is 2. The maximum absolute atomic E-state index is 6.50. The van der Waals surface area contributed by atoms with Gasteiger partial charge in [0.25, 0.3) is 0 Å². The van der Waals surface area contributed by atoms with Gasteiger partial charge in [0.1, 0.15) is 22.3 Å². The van der Waals surface area contributed by atoms with Crippen LogP contribution in [-0.4, -0.2) is 4.57 Å². The van der Waals surface area contributed by atoms with Gasteiger partial charge in [-0.25, -0.2) is 5.56 Å². The molecule has 0 radical (unpaired) electrons. The van der Waals surface area contributed by atoms with Crippen LogP contribution in [0.15, 0.2) is 251 Å². The molecule has 0 aliphatic carbocycles. The number of benzene rings is 11. The van der Waals surface area contributed by atoms with Crippen molar-refractivity contribution in [2.24, 2.45) is 0 Å². The van der Waals surface area contributed by atoms with Crippen molar-refractivity contribution < 1.29 is 39.9 Å². The molecule has 14 rings (SSSR count). The smallest absolute Gasteiger partial charge is 0.455 e. The molecule has 5 heteroatoms. The van der Waals surface area contributed by atoms with Crippen LogP contribution in [0.1, 0.15) is 0 Å². The zero-order chi connectivity index (χ0) is 46.1. The van der Waals surface area contributed by atoms with E-state index in [-0.39, 0.29) is 31.1 Å². The van der Waals surface area contributed by atoms with Crippen molar-refractivity contribution in [2.75, 3.05) is 4.90 Å². The maximum atomic E-state index is 6.50. The van der Waals surface area contributed by atoms with Crippen LogP contribution >= 0.6 is 0 Å². The van der Waals surface area contributed by atoms with Crippen molar-refractivity contribution in [1.29, 1.82) is 0 Å². The van der Waals surface area contributed by atoms with E-state index in [1.807, 2.05) is 36.4 Å². The van der Waals surface area contributed by atoms with Crippen molar-refractivity contribution in [3.63, 3.8) is 0 Å². The van der Waals surface area contributed by atoms with E-state index in [9.17, 15) is 0 Å². The van der Waals surface area contributed by atoms with Crippen molar-refractivity contribution in [1.82, 2.24) is 4.57 Å². The first-order valence-electron chi connectivity index (χ1n) is 23.7. The quantitative estimate of drug-likeness (QED) is 0.142. The van der Waals surface area contributed by atoms with Gasteiger partial charge < -0.3 is 18.3 Å². The molecule has 0 saturated heterocycles. The fourth-order valence-electron chi connectivity index (χ4n) is 10.5. The number of hydrogen-bond acceptors (Lipinski definition) is 3. The zero-order valence-electron chi connectivity index (χ0n) is 38.3. The number of anilines is 3. The number of furan rings is 2. The van der Waals surface area contributed by atoms with Crippen LogP contribution in [0, 0.1) is 43.2 Å². The summed E-state index contributed by atoms with van der Waals surface area (Å²) in [5.41, 5.74) is 18.2. The first kappa shape index (κ1) is 42.7. The summed E-state index contributed by atoms with van der Waals surface area (Å²) in [6, 6.07) is 93.2. The summed E-state index contributed by atoms with van der Waals surface area (Å²) in [5.74, 6) is 0. The standard InChI is InChI=1S/C66H40N2O2.U/c1-3-15-43(16-4-1)58-41-46(47-34-40-62-59(42-47)53-19-7-10-26-60(53)68(62)48-17-5-2-6-18-48)33-39-61(58)67(49-35-29-44(30-36-49)51-22-13-24-56-54-20-8-11-27-63(54)69-65(51)56)50-37-31-45(32-38-50)52-23-14-25-57-55-21-9-12-28-64(55)70-66(52)57;/h1-15,17-40,42H;/q-2;+2. The van der Waals surface area contributed by atoms with Crippen molar-refractivity contribution in [2.45, 2.75) is 0 Å². The molecule has 71 heavy (non-hydrogen) atoms. The second-order valence-corrected chi connectivity index (χ2v) is 17.8. The van der Waals surface area contributed by atoms with E-state index in [4.69, 9.17) is 8.83 Å². The molecule has 4 nitrogen and oxygen atoms in total. The van der Waals surface area contributed by atoms with Gasteiger partial charge in [-0.05, 0) is 71.8 Å². The Morgan fingerprint density at radius 1 is 0.380 bits per heavy atom. The molecular formula is C66H40N2O2U. The second kappa shape index (κ2) is 17.6. The number of fused-ring (bicyclic) bond motifs is 9. The molecule has 0 spiro atoms. The molecule has 0 aliphatic rings. The Labute approximate surface area is 434 Å². The molecule has 330 valence electrons. The van der Waals surface area contributed by atoms with Crippen LogP contribution in [0.25, 0.3) is 116 Å². The fourth-order valence-corrected chi connectivity index (χ4v) is 10.5. The molecule has 0 aliphatic heterocycles. The minimum absolute atomic E-state index is 0. The van der Waals surface area contributed by atoms with Gasteiger partial charge in [0.05, 0.1) is 11.0 Å². The summed E-state index contributed by atoms with van der Waals surface area (Å²) < 4.78 is 15.4. The van der Waals surface area contributed by atoms with Crippen molar-refractivity contribution >= 4 is 82.7 Å². The molecule has 0 bridgehead atoms. The van der Waals surface area contributed by atoms with Gasteiger partial charge in [0.15, 0.2) is 0 Å². The Morgan fingerprint density at radius 3 is 1.54 bits per heavy atom. The molecular weight excluding hydrogens is 1090 g/mol. The number of hydrogen-bond donors (Lipinski definition) is 0. The minimum Gasteiger partial charge on any atom is -0.455 e. The molecule has 0 saturated carbocycles. The zero-order valence-corrected chi connectivity index (χ0v) is 42.5. The van der Waals surface area contributed by atoms with Crippen LogP contribution in [0.3, 0.4) is 0 Å². The average Bonchev–Trinajstić information content (AvgIpc) is 4.12. The van der Waals surface area contributed by atoms with E-state index in [1.54, 1.807) is 0 Å². The third-order valence-corrected chi connectivity index (χ3v) is 13.8. The van der Waals surface area contributed by atoms with Gasteiger partial charge in [-0.2, -0.15) is 35.9 Å². The molecule has 11 aromatic carbocycles. The van der Waals surface area contributed by atoms with Crippen LogP contribution in [0.4, 0.5) is 17.1 Å². The summed E-state index contributed by atoms with van der Waals surface area (Å²) in [6.07, 6.45) is 0. The molecule has 0 fully saturated rings. The number of aromatic nitrogens is 1. The predicted octanol–water partition coefficient (Wildman–Crippen LogP) is 18.3. The minimum atomic E-state index is 0. The molecule has 14 aromatic rings. The Balaban J connectivity index is 0.00000492. The average molecular weight is 1130 g/mol. The molecule has 0 N–H and O–H groups in total. The van der Waals surface area contributed by atoms with Gasteiger partial charge in [0, 0.05) is 60.5 Å². The summed E-state index contributed by atoms with van der Waals surface area (Å²) in [4.78, 5) is 2.34. The third-order valence-electron chi connectivity index (χ3n) is 13.8. The van der Waals surface area contributed by atoms with E-state index < -0.39 is 0 Å². The predicted molar refractivity (Wildman–Crippen MR) is 289 cm³/mol. The normalized spacial score (nSPS) is 11.5. The Morgan fingerprint density at radius 2 is 0.915 bits per heavy atom. The van der Waals surface area contributed by atoms with E-state index in [2.05, 4.69) is 228 Å². The fraction of sp³-hybridized carbons (Fsp3) is 0. The van der Waals surface area contributed by atoms with Crippen molar-refractivity contribution in [3.8, 4) is 50.2 Å². The first-order valence-corrected chi connectivity index (χ1v) is 23.7. The Kier molecular flexibility index (Phi) is 10.6. The van der Waals surface area contributed by atoms with E-state index in [0.717, 1.165) is 117 Å². The van der Waals surface area contributed by atoms with Gasteiger partial charge in [-0.1, -0.05) is 157 Å². The van der Waals surface area contributed by atoms with Gasteiger partial charge in [0.2, 0.25) is 0 Å². The summed E-state index contributed by atoms with van der Waals surface area (Å²) >= 11 is 0. The largest absolute Gasteiger partial charge is 2.00 e. The maximum Gasteiger partial charge on any atom is 2.00 e. The van der Waals surface area contributed by atoms with E-state index in [1.165, 1.54) is 16.3 Å². The van der Waals surface area contributed by atoms with Crippen LogP contribution in [-0.2, 0) is 0 Å². The molecule has 0 amide bonds. The Hall–Kier alpha value is -8.33. The number of rotatable bonds is 8. The van der Waals surface area contributed by atoms with Gasteiger partial charge >= 0.3 is 31.1 Å². The first-order chi connectivity index (χ1) is 34.7. The van der Waals surface area contributed by atoms with Crippen molar-refractivity contribution in [3.05, 3.63) is 255 Å². The van der Waals surface area contributed by atoms with E-state index >= 15 is 0 Å². The monoisotopic (exact) mass is 1130 g/mol. The van der Waals surface area contributed by atoms with Crippen LogP contribution < -0.4 is 4.90 Å². The molecule has 3 aromatic heterocycles. The van der Waals surface area contributed by atoms with Crippen LogP contribution in [0.5, 0.6) is 0 Å². The van der Waals surface area contributed by atoms with Crippen LogP contribution in [0.2, 0.25) is 0 Å². The Bertz CT molecular complexity index is 4130. The van der Waals surface area contributed by atoms with Gasteiger partial charge in [-0.3, -0.25) is 0 Å². The topological polar surface area (TPSA) is 34.5 Å². The van der Waals surface area contributed by atoms with E-state index in [0.29, 0.717) is 0 Å². The molecule has 0 atom stereocenters.